The Kier molecular flexibility index (Phi) is 3.69. The van der Waals surface area contributed by atoms with Crippen molar-refractivity contribution in [2.75, 3.05) is 0 Å². The molecule has 0 amide bonds. The van der Waals surface area contributed by atoms with Gasteiger partial charge in [-0.1, -0.05) is 64.1 Å². The summed E-state index contributed by atoms with van der Waals surface area (Å²) in [5.41, 5.74) is 5.12. The van der Waals surface area contributed by atoms with Gasteiger partial charge >= 0.3 is 0 Å². The predicted molar refractivity (Wildman–Crippen MR) is 121 cm³/mol. The van der Waals surface area contributed by atoms with E-state index < -0.39 is 13.7 Å². The van der Waals surface area contributed by atoms with Gasteiger partial charge in [-0.25, -0.2) is 4.57 Å². The van der Waals surface area contributed by atoms with Crippen LogP contribution in [-0.2, 0) is 12.5 Å². The lowest BCUT2D eigenvalue weighted by atomic mass is 9.73. The van der Waals surface area contributed by atoms with Crippen LogP contribution in [0.2, 0.25) is 0 Å². The van der Waals surface area contributed by atoms with Gasteiger partial charge in [0.05, 0.1) is 0 Å². The van der Waals surface area contributed by atoms with Crippen LogP contribution in [0.5, 0.6) is 0 Å². The zero-order valence-electron chi connectivity index (χ0n) is 23.7. The van der Waals surface area contributed by atoms with Crippen LogP contribution < -0.4 is 4.57 Å². The Morgan fingerprint density at radius 2 is 1.57 bits per heavy atom. The molecule has 0 unspecified atom stereocenters. The number of aryl methyl sites for hydroxylation is 4. The average molecular weight is 379 g/mol. The Labute approximate surface area is 179 Å². The maximum absolute atomic E-state index is 8.15. The molecule has 0 fully saturated rings. The van der Waals surface area contributed by atoms with Crippen LogP contribution in [0.25, 0.3) is 22.4 Å². The number of aromatic nitrogens is 1. The molecule has 146 valence electrons. The molecule has 0 saturated carbocycles. The molecule has 1 aromatic heterocycles. The molecule has 0 bridgehead atoms. The normalized spacial score (nSPS) is 16.0. The average Bonchev–Trinajstić information content (AvgIpc) is 2.72. The zero-order valence-corrected chi connectivity index (χ0v) is 17.7. The van der Waals surface area contributed by atoms with Gasteiger partial charge in [-0.15, -0.1) is 0 Å². The van der Waals surface area contributed by atoms with E-state index in [1.807, 2.05) is 61.0 Å². The Hall–Kier alpha value is -2.41. The third-order valence-electron chi connectivity index (χ3n) is 6.14. The smallest absolute Gasteiger partial charge is 0.201 e. The van der Waals surface area contributed by atoms with Crippen molar-refractivity contribution < 1.29 is 12.8 Å². The summed E-state index contributed by atoms with van der Waals surface area (Å²) in [4.78, 5) is 0. The van der Waals surface area contributed by atoms with Crippen molar-refractivity contribution in [1.29, 1.82) is 0 Å². The lowest BCUT2D eigenvalue weighted by molar-refractivity contribution is -0.660. The van der Waals surface area contributed by atoms with E-state index in [9.17, 15) is 0 Å². The van der Waals surface area contributed by atoms with Crippen LogP contribution in [0.15, 0.2) is 54.7 Å². The minimum absolute atomic E-state index is 0.216. The van der Waals surface area contributed by atoms with E-state index in [1.54, 1.807) is 12.3 Å². The zero-order chi connectivity index (χ0) is 25.6. The van der Waals surface area contributed by atoms with Gasteiger partial charge in [-0.2, -0.15) is 0 Å². The SMILES string of the molecule is [2H]C([2H])([2H])c1cc(C)c(-c2cc(C(C)(C)C(C)C)c(C([2H])([2H])[2H])c[n+]2C)cc1-c1ccccc1. The molecule has 0 saturated heterocycles. The Morgan fingerprint density at radius 3 is 2.18 bits per heavy atom. The second-order valence-electron chi connectivity index (χ2n) is 8.55. The van der Waals surface area contributed by atoms with Crippen LogP contribution in [0.1, 0.15) is 58.2 Å². The summed E-state index contributed by atoms with van der Waals surface area (Å²) in [6, 6.07) is 15.2. The van der Waals surface area contributed by atoms with Crippen LogP contribution in [0.4, 0.5) is 0 Å². The second kappa shape index (κ2) is 7.54. The van der Waals surface area contributed by atoms with Gasteiger partial charge in [0, 0.05) is 25.4 Å². The molecule has 1 nitrogen and oxygen atoms in total. The molecule has 0 spiro atoms. The molecule has 1 heterocycles. The molecule has 0 N–H and O–H groups in total. The highest BCUT2D eigenvalue weighted by molar-refractivity contribution is 5.75. The van der Waals surface area contributed by atoms with Gasteiger partial charge in [-0.3, -0.25) is 0 Å². The molecule has 0 atom stereocenters. The fraction of sp³-hybridized carbons (Fsp3) is 0.370. The summed E-state index contributed by atoms with van der Waals surface area (Å²) in [5.74, 6) is 0.216. The Bertz CT molecular complexity index is 1190. The quantitative estimate of drug-likeness (QED) is 0.444. The lowest BCUT2D eigenvalue weighted by Gasteiger charge is -2.31. The minimum Gasteiger partial charge on any atom is -0.201 e. The highest BCUT2D eigenvalue weighted by Gasteiger charge is 2.29. The Balaban J connectivity index is 2.38. The van der Waals surface area contributed by atoms with E-state index in [-0.39, 0.29) is 11.3 Å². The van der Waals surface area contributed by atoms with Crippen LogP contribution in [0.3, 0.4) is 0 Å². The number of pyridine rings is 1. The molecule has 3 aromatic rings. The van der Waals surface area contributed by atoms with Gasteiger partial charge in [0.1, 0.15) is 7.05 Å². The largest absolute Gasteiger partial charge is 0.212 e. The van der Waals surface area contributed by atoms with Gasteiger partial charge in [0.2, 0.25) is 5.69 Å². The van der Waals surface area contributed by atoms with Gasteiger partial charge < -0.3 is 0 Å². The molecule has 0 aliphatic heterocycles. The minimum atomic E-state index is -2.26. The number of hydrogen-bond donors (Lipinski definition) is 0. The van der Waals surface area contributed by atoms with Crippen molar-refractivity contribution in [2.24, 2.45) is 13.0 Å². The van der Waals surface area contributed by atoms with Crippen molar-refractivity contribution in [3.8, 4) is 22.4 Å². The van der Waals surface area contributed by atoms with E-state index in [0.29, 0.717) is 16.7 Å². The van der Waals surface area contributed by atoms with Crippen molar-refractivity contribution in [1.82, 2.24) is 0 Å². The van der Waals surface area contributed by atoms with Crippen molar-refractivity contribution in [3.63, 3.8) is 0 Å². The first-order valence-corrected chi connectivity index (χ1v) is 9.80. The highest BCUT2D eigenvalue weighted by Crippen LogP contribution is 2.36. The first-order chi connectivity index (χ1) is 15.5. The summed E-state index contributed by atoms with van der Waals surface area (Å²) in [5, 5.41) is 0. The van der Waals surface area contributed by atoms with Gasteiger partial charge in [-0.05, 0) is 65.8 Å². The summed E-state index contributed by atoms with van der Waals surface area (Å²) in [7, 11) is 1.84. The highest BCUT2D eigenvalue weighted by atomic mass is 14.9. The second-order valence-corrected chi connectivity index (χ2v) is 8.55. The van der Waals surface area contributed by atoms with E-state index in [2.05, 4.69) is 27.7 Å². The van der Waals surface area contributed by atoms with E-state index in [0.717, 1.165) is 27.9 Å². The molecule has 1 heteroatoms. The number of rotatable bonds is 4. The van der Waals surface area contributed by atoms with Crippen LogP contribution in [-0.4, -0.2) is 0 Å². The molecular formula is C27H34N+. The molecular weight excluding hydrogens is 338 g/mol. The van der Waals surface area contributed by atoms with E-state index in [1.165, 1.54) is 0 Å². The standard InChI is InChI=1S/C27H34N/c1-18(2)27(6,7)25-16-26(28(8)17-21(25)5)24-15-23(19(3)14-20(24)4)22-12-10-9-11-13-22/h9-18H,1-8H3/q+1/i3D3,5D3. The van der Waals surface area contributed by atoms with Crippen LogP contribution >= 0.6 is 0 Å². The maximum Gasteiger partial charge on any atom is 0.212 e. The topological polar surface area (TPSA) is 3.88 Å². The van der Waals surface area contributed by atoms with E-state index in [4.69, 9.17) is 8.22 Å². The maximum atomic E-state index is 8.15. The summed E-state index contributed by atoms with van der Waals surface area (Å²) >= 11 is 0. The summed E-state index contributed by atoms with van der Waals surface area (Å²) in [6.45, 7) is 5.75. The molecule has 3 rings (SSSR count). The fourth-order valence-corrected chi connectivity index (χ4v) is 3.60. The summed E-state index contributed by atoms with van der Waals surface area (Å²) in [6.07, 6.45) is 1.71. The van der Waals surface area contributed by atoms with E-state index >= 15 is 0 Å². The van der Waals surface area contributed by atoms with Crippen LogP contribution in [0, 0.1) is 26.5 Å². The van der Waals surface area contributed by atoms with Crippen molar-refractivity contribution in [2.45, 2.75) is 53.7 Å². The predicted octanol–water partition coefficient (Wildman–Crippen LogP) is 6.70. The number of benzene rings is 2. The van der Waals surface area contributed by atoms with Crippen molar-refractivity contribution in [3.05, 3.63) is 77.0 Å². The number of hydrogen-bond acceptors (Lipinski definition) is 0. The molecule has 28 heavy (non-hydrogen) atoms. The third-order valence-corrected chi connectivity index (χ3v) is 6.14. The fourth-order valence-electron chi connectivity index (χ4n) is 3.60. The van der Waals surface area contributed by atoms with Gasteiger partial charge in [0.25, 0.3) is 0 Å². The molecule has 2 aromatic carbocycles. The summed E-state index contributed by atoms with van der Waals surface area (Å²) < 4.78 is 50.6. The monoisotopic (exact) mass is 378 g/mol. The molecule has 0 aliphatic carbocycles. The lowest BCUT2D eigenvalue weighted by Crippen LogP contribution is -2.35. The number of nitrogens with zero attached hydrogens (tertiary/aromatic N) is 1. The third kappa shape index (κ3) is 3.63. The first kappa shape index (κ1) is 13.7. The van der Waals surface area contributed by atoms with Crippen molar-refractivity contribution >= 4 is 0 Å². The first-order valence-electron chi connectivity index (χ1n) is 12.8. The molecule has 0 aliphatic rings. The van der Waals surface area contributed by atoms with Gasteiger partial charge in [0.15, 0.2) is 6.20 Å². The Morgan fingerprint density at radius 1 is 0.893 bits per heavy atom. The molecule has 0 radical (unpaired) electrons.